The number of rotatable bonds is 5. The molecule has 19 heavy (non-hydrogen) atoms. The van der Waals surface area contributed by atoms with Crippen LogP contribution in [0.15, 0.2) is 24.3 Å². The summed E-state index contributed by atoms with van der Waals surface area (Å²) in [5.74, 6) is -0.383. The van der Waals surface area contributed by atoms with E-state index in [-0.39, 0.29) is 18.0 Å². The van der Waals surface area contributed by atoms with Gasteiger partial charge in [0.1, 0.15) is 12.3 Å². The molecule has 0 saturated heterocycles. The van der Waals surface area contributed by atoms with Crippen molar-refractivity contribution in [2.24, 2.45) is 0 Å². The normalized spacial score (nSPS) is 11.2. The Hall–Kier alpha value is -1.43. The number of carbonyl (C=O) groups excluding carboxylic acids is 1. The quantitative estimate of drug-likeness (QED) is 0.782. The van der Waals surface area contributed by atoms with E-state index in [2.05, 4.69) is 0 Å². The van der Waals surface area contributed by atoms with E-state index in [9.17, 15) is 18.0 Å². The molecular weight excluding hydrogens is 283 g/mol. The third-order valence-electron chi connectivity index (χ3n) is 2.33. The molecule has 0 radical (unpaired) electrons. The van der Waals surface area contributed by atoms with E-state index in [0.29, 0.717) is 10.6 Å². The Morgan fingerprint density at radius 1 is 1.42 bits per heavy atom. The van der Waals surface area contributed by atoms with Crippen molar-refractivity contribution in [1.29, 1.82) is 0 Å². The molecule has 7 heteroatoms. The number of nitrogens with zero attached hydrogens (tertiary/aromatic N) is 1. The highest BCUT2D eigenvalue weighted by atomic mass is 35.5. The topological polar surface area (TPSA) is 29.5 Å². The minimum absolute atomic E-state index is 0.0637. The molecule has 1 amide bonds. The van der Waals surface area contributed by atoms with E-state index in [1.54, 1.807) is 12.1 Å². The first-order valence-corrected chi connectivity index (χ1v) is 5.97. The minimum Gasteiger partial charge on any atom is -0.497 e. The van der Waals surface area contributed by atoms with Gasteiger partial charge in [-0.05, 0) is 18.2 Å². The van der Waals surface area contributed by atoms with Gasteiger partial charge in [-0.2, -0.15) is 13.2 Å². The van der Waals surface area contributed by atoms with E-state index in [4.69, 9.17) is 16.3 Å². The smallest absolute Gasteiger partial charge is 0.406 e. The van der Waals surface area contributed by atoms with Crippen LogP contribution < -0.4 is 4.74 Å². The van der Waals surface area contributed by atoms with Crippen molar-refractivity contribution >= 4 is 17.5 Å². The van der Waals surface area contributed by atoms with Gasteiger partial charge < -0.3 is 9.64 Å². The zero-order valence-corrected chi connectivity index (χ0v) is 11.0. The standard InChI is InChI=1S/C12H13ClF3NO2/c1-19-10-4-2-3-9(7-10)11(18)17(6-5-13)8-12(14,15)16/h2-4,7H,5-6,8H2,1H3. The summed E-state index contributed by atoms with van der Waals surface area (Å²) in [5, 5.41) is 0. The molecule has 0 atom stereocenters. The fourth-order valence-corrected chi connectivity index (χ4v) is 1.71. The van der Waals surface area contributed by atoms with Crippen LogP contribution in [0.5, 0.6) is 5.75 Å². The molecular formula is C12H13ClF3NO2. The summed E-state index contributed by atoms with van der Waals surface area (Å²) in [6.45, 7) is -1.49. The average Bonchev–Trinajstić information content (AvgIpc) is 2.36. The van der Waals surface area contributed by atoms with Crippen LogP contribution in [-0.4, -0.2) is 43.1 Å². The van der Waals surface area contributed by atoms with Crippen molar-refractivity contribution in [1.82, 2.24) is 4.90 Å². The van der Waals surface area contributed by atoms with Gasteiger partial charge in [-0.1, -0.05) is 6.07 Å². The maximum Gasteiger partial charge on any atom is 0.406 e. The molecule has 0 aliphatic heterocycles. The molecule has 0 aliphatic rings. The molecule has 1 aromatic carbocycles. The van der Waals surface area contributed by atoms with Gasteiger partial charge in [-0.15, -0.1) is 11.6 Å². The number of ether oxygens (including phenoxy) is 1. The summed E-state index contributed by atoms with van der Waals surface area (Å²) in [4.78, 5) is 12.7. The Bertz CT molecular complexity index is 437. The first-order valence-electron chi connectivity index (χ1n) is 5.43. The monoisotopic (exact) mass is 295 g/mol. The van der Waals surface area contributed by atoms with Crippen LogP contribution in [0.2, 0.25) is 0 Å². The summed E-state index contributed by atoms with van der Waals surface area (Å²) >= 11 is 5.43. The average molecular weight is 296 g/mol. The van der Waals surface area contributed by atoms with Crippen LogP contribution in [0.3, 0.4) is 0 Å². The maximum absolute atomic E-state index is 12.4. The lowest BCUT2D eigenvalue weighted by Crippen LogP contribution is -2.40. The second-order valence-corrected chi connectivity index (χ2v) is 4.14. The lowest BCUT2D eigenvalue weighted by atomic mass is 10.2. The number of methoxy groups -OCH3 is 1. The molecule has 0 fully saturated rings. The highest BCUT2D eigenvalue weighted by Gasteiger charge is 2.33. The highest BCUT2D eigenvalue weighted by Crippen LogP contribution is 2.20. The zero-order valence-electron chi connectivity index (χ0n) is 10.2. The van der Waals surface area contributed by atoms with Crippen molar-refractivity contribution in [3.63, 3.8) is 0 Å². The van der Waals surface area contributed by atoms with E-state index in [1.165, 1.54) is 19.2 Å². The van der Waals surface area contributed by atoms with Gasteiger partial charge >= 0.3 is 6.18 Å². The number of amides is 1. The Balaban J connectivity index is 2.91. The second kappa shape index (κ2) is 6.65. The fraction of sp³-hybridized carbons (Fsp3) is 0.417. The molecule has 1 aromatic rings. The van der Waals surface area contributed by atoms with Crippen LogP contribution in [0.1, 0.15) is 10.4 Å². The van der Waals surface area contributed by atoms with Gasteiger partial charge in [0, 0.05) is 18.0 Å². The highest BCUT2D eigenvalue weighted by molar-refractivity contribution is 6.18. The molecule has 0 bridgehead atoms. The van der Waals surface area contributed by atoms with Gasteiger partial charge in [-0.25, -0.2) is 0 Å². The van der Waals surface area contributed by atoms with E-state index in [1.807, 2.05) is 0 Å². The van der Waals surface area contributed by atoms with Gasteiger partial charge in [0.25, 0.3) is 5.91 Å². The number of halogens is 4. The first-order chi connectivity index (χ1) is 8.87. The van der Waals surface area contributed by atoms with Crippen LogP contribution in [0, 0.1) is 0 Å². The van der Waals surface area contributed by atoms with Crippen LogP contribution in [0.25, 0.3) is 0 Å². The maximum atomic E-state index is 12.4. The van der Waals surface area contributed by atoms with Crippen LogP contribution >= 0.6 is 11.6 Å². The van der Waals surface area contributed by atoms with Gasteiger partial charge in [0.2, 0.25) is 0 Å². The Labute approximate surface area is 113 Å². The van der Waals surface area contributed by atoms with Crippen molar-refractivity contribution in [3.05, 3.63) is 29.8 Å². The number of alkyl halides is 4. The molecule has 0 spiro atoms. The largest absolute Gasteiger partial charge is 0.497 e. The lowest BCUT2D eigenvalue weighted by Gasteiger charge is -2.23. The number of hydrogen-bond acceptors (Lipinski definition) is 2. The van der Waals surface area contributed by atoms with Gasteiger partial charge in [-0.3, -0.25) is 4.79 Å². The van der Waals surface area contributed by atoms with Gasteiger partial charge in [0.15, 0.2) is 0 Å². The Morgan fingerprint density at radius 2 is 2.11 bits per heavy atom. The van der Waals surface area contributed by atoms with Crippen molar-refractivity contribution < 1.29 is 22.7 Å². The molecule has 0 heterocycles. The number of benzene rings is 1. The number of carbonyl (C=O) groups is 1. The predicted octanol–water partition coefficient (Wildman–Crippen LogP) is 2.94. The Morgan fingerprint density at radius 3 is 2.63 bits per heavy atom. The van der Waals surface area contributed by atoms with Crippen LogP contribution in [0.4, 0.5) is 13.2 Å². The first kappa shape index (κ1) is 15.6. The molecule has 3 nitrogen and oxygen atoms in total. The second-order valence-electron chi connectivity index (χ2n) is 3.76. The summed E-state index contributed by atoms with van der Waals surface area (Å²) in [5.41, 5.74) is 0.133. The summed E-state index contributed by atoms with van der Waals surface area (Å²) in [6, 6.07) is 5.97. The van der Waals surface area contributed by atoms with Crippen LogP contribution in [-0.2, 0) is 0 Å². The molecule has 0 aliphatic carbocycles. The van der Waals surface area contributed by atoms with Gasteiger partial charge in [0.05, 0.1) is 7.11 Å². The third kappa shape index (κ3) is 4.98. The van der Waals surface area contributed by atoms with Crippen molar-refractivity contribution in [2.45, 2.75) is 6.18 Å². The van der Waals surface area contributed by atoms with E-state index < -0.39 is 18.6 Å². The lowest BCUT2D eigenvalue weighted by molar-refractivity contribution is -0.140. The molecule has 0 aromatic heterocycles. The predicted molar refractivity (Wildman–Crippen MR) is 65.7 cm³/mol. The van der Waals surface area contributed by atoms with E-state index >= 15 is 0 Å². The molecule has 106 valence electrons. The molecule has 0 unspecified atom stereocenters. The summed E-state index contributed by atoms with van der Waals surface area (Å²) < 4.78 is 42.1. The molecule has 0 saturated carbocycles. The zero-order chi connectivity index (χ0) is 14.5. The van der Waals surface area contributed by atoms with E-state index in [0.717, 1.165) is 0 Å². The third-order valence-corrected chi connectivity index (χ3v) is 2.50. The Kier molecular flexibility index (Phi) is 5.47. The molecule has 1 rings (SSSR count). The summed E-state index contributed by atoms with van der Waals surface area (Å²) in [7, 11) is 1.41. The summed E-state index contributed by atoms with van der Waals surface area (Å²) in [6.07, 6.45) is -4.46. The molecule has 0 N–H and O–H groups in total. The van der Waals surface area contributed by atoms with Crippen molar-refractivity contribution in [2.75, 3.05) is 26.1 Å². The SMILES string of the molecule is COc1cccc(C(=O)N(CCCl)CC(F)(F)F)c1. The van der Waals surface area contributed by atoms with Crippen molar-refractivity contribution in [3.8, 4) is 5.75 Å². The minimum atomic E-state index is -4.46. The number of hydrogen-bond donors (Lipinski definition) is 0. The fourth-order valence-electron chi connectivity index (χ4n) is 1.51.